The molecule has 0 bridgehead atoms. The number of allylic oxidation sites excluding steroid dienone is 3. The molecule has 1 aliphatic rings. The Morgan fingerprint density at radius 2 is 1.06 bits per heavy atom. The highest BCUT2D eigenvalue weighted by atomic mass is 15.2. The number of aliphatic imine (C=N–C) groups is 1. The third-order valence-corrected chi connectivity index (χ3v) is 11.8. The molecule has 8 aromatic carbocycles. The van der Waals surface area contributed by atoms with E-state index in [1.165, 1.54) is 0 Å². The summed E-state index contributed by atoms with van der Waals surface area (Å²) in [7, 11) is 0. The minimum Gasteiger partial charge on any atom is -0.295 e. The van der Waals surface area contributed by atoms with E-state index in [1.807, 2.05) is 48.6 Å². The van der Waals surface area contributed by atoms with Gasteiger partial charge in [-0.1, -0.05) is 170 Å². The first-order valence-electron chi connectivity index (χ1n) is 21.8. The van der Waals surface area contributed by atoms with Gasteiger partial charge in [-0.25, -0.2) is 15.0 Å². The number of hydrogen-bond acceptors (Lipinski definition) is 5. The number of aromatic nitrogens is 4. The lowest BCUT2D eigenvalue weighted by atomic mass is 9.93. The van der Waals surface area contributed by atoms with Gasteiger partial charge in [0.05, 0.1) is 28.8 Å². The number of anilines is 1. The van der Waals surface area contributed by atoms with E-state index in [2.05, 4.69) is 198 Å². The van der Waals surface area contributed by atoms with Gasteiger partial charge in [0.15, 0.2) is 5.82 Å². The Labute approximate surface area is 378 Å². The molecule has 0 atom stereocenters. The molecule has 0 fully saturated rings. The number of amidine groups is 1. The van der Waals surface area contributed by atoms with Crippen LogP contribution in [0.4, 0.5) is 5.69 Å². The summed E-state index contributed by atoms with van der Waals surface area (Å²) in [6, 6.07) is 71.6. The summed E-state index contributed by atoms with van der Waals surface area (Å²) >= 11 is 0. The number of imidazole rings is 1. The van der Waals surface area contributed by atoms with E-state index >= 15 is 0 Å². The van der Waals surface area contributed by atoms with Crippen molar-refractivity contribution < 1.29 is 0 Å². The van der Waals surface area contributed by atoms with Crippen molar-refractivity contribution in [3.8, 4) is 62.0 Å². The van der Waals surface area contributed by atoms with Gasteiger partial charge in [-0.2, -0.15) is 0 Å². The molecule has 0 unspecified atom stereocenters. The molecule has 0 N–H and O–H groups in total. The van der Waals surface area contributed by atoms with Crippen LogP contribution in [0.3, 0.4) is 0 Å². The first-order chi connectivity index (χ1) is 32.2. The molecule has 0 spiro atoms. The normalized spacial score (nSPS) is 14.6. The predicted octanol–water partition coefficient (Wildman–Crippen LogP) is 14.2. The van der Waals surface area contributed by atoms with Crippen molar-refractivity contribution in [2.45, 2.75) is 0 Å². The fraction of sp³-hybridized carbons (Fsp3) is 0.0169. The van der Waals surface area contributed by atoms with Crippen molar-refractivity contribution in [1.29, 1.82) is 0 Å². The third kappa shape index (κ3) is 7.64. The first kappa shape index (κ1) is 39.1. The average molecular weight is 835 g/mol. The van der Waals surface area contributed by atoms with Gasteiger partial charge >= 0.3 is 0 Å². The van der Waals surface area contributed by atoms with Gasteiger partial charge in [-0.05, 0) is 83.4 Å². The van der Waals surface area contributed by atoms with Gasteiger partial charge in [0.25, 0.3) is 0 Å². The molecule has 0 radical (unpaired) electrons. The highest BCUT2D eigenvalue weighted by molar-refractivity contribution is 6.12. The average Bonchev–Trinajstić information content (AvgIpc) is 3.81. The summed E-state index contributed by atoms with van der Waals surface area (Å²) in [6.45, 7) is 5.02. The van der Waals surface area contributed by atoms with Gasteiger partial charge in [0.1, 0.15) is 11.7 Å². The molecule has 0 saturated carbocycles. The highest BCUT2D eigenvalue weighted by Gasteiger charge is 2.21. The van der Waals surface area contributed by atoms with Crippen LogP contribution in [0.5, 0.6) is 0 Å². The molecule has 0 aliphatic carbocycles. The van der Waals surface area contributed by atoms with Crippen LogP contribution < -0.4 is 4.90 Å². The van der Waals surface area contributed by atoms with Crippen LogP contribution in [0.15, 0.2) is 248 Å². The largest absolute Gasteiger partial charge is 0.295 e. The molecule has 0 saturated heterocycles. The standard InChI is InChI=1S/C59H42N6/c1-41-19-7-6-18-38-60-58(46-24-12-4-13-25-46)64(41)49-36-32-45(33-37-49)57-62-55(52-40-48(42-20-8-2-9-21-42)39-51(56(52)63-57)43-22-10-3-11-23-43)44-30-34-50(35-31-44)65-54-29-17-16-28-53(54)61-59(65)47-26-14-5-15-27-47/h2-37,39-40H,1,38H2/b18-6-,19-7-,60-58-. The maximum absolute atomic E-state index is 5.47. The van der Waals surface area contributed by atoms with Gasteiger partial charge < -0.3 is 0 Å². The topological polar surface area (TPSA) is 59.2 Å². The molecule has 11 rings (SSSR count). The molecule has 6 nitrogen and oxygen atoms in total. The summed E-state index contributed by atoms with van der Waals surface area (Å²) in [6.07, 6.45) is 8.10. The lowest BCUT2D eigenvalue weighted by molar-refractivity contribution is 1.10. The Morgan fingerprint density at radius 1 is 0.462 bits per heavy atom. The molecule has 0 amide bonds. The van der Waals surface area contributed by atoms with Crippen molar-refractivity contribution in [3.63, 3.8) is 0 Å². The van der Waals surface area contributed by atoms with E-state index in [0.29, 0.717) is 12.4 Å². The molecule has 2 aromatic heterocycles. The second-order valence-corrected chi connectivity index (χ2v) is 15.9. The van der Waals surface area contributed by atoms with Crippen LogP contribution in [0.1, 0.15) is 5.56 Å². The van der Waals surface area contributed by atoms with Crippen LogP contribution in [0, 0.1) is 0 Å². The molecule has 65 heavy (non-hydrogen) atoms. The molecular formula is C59H42N6. The highest BCUT2D eigenvalue weighted by Crippen LogP contribution is 2.40. The van der Waals surface area contributed by atoms with E-state index in [4.69, 9.17) is 19.9 Å². The number of fused-ring (bicyclic) bond motifs is 2. The minimum absolute atomic E-state index is 0.550. The smallest absolute Gasteiger partial charge is 0.160 e. The summed E-state index contributed by atoms with van der Waals surface area (Å²) in [5, 5.41) is 0.966. The van der Waals surface area contributed by atoms with E-state index < -0.39 is 0 Å². The summed E-state index contributed by atoms with van der Waals surface area (Å²) < 4.78 is 2.24. The third-order valence-electron chi connectivity index (χ3n) is 11.8. The Balaban J connectivity index is 1.09. The Kier molecular flexibility index (Phi) is 10.4. The summed E-state index contributed by atoms with van der Waals surface area (Å²) in [5.74, 6) is 2.35. The predicted molar refractivity (Wildman–Crippen MR) is 269 cm³/mol. The summed E-state index contributed by atoms with van der Waals surface area (Å²) in [5.41, 5.74) is 14.7. The number of para-hydroxylation sites is 2. The van der Waals surface area contributed by atoms with Gasteiger partial charge in [-0.15, -0.1) is 0 Å². The lowest BCUT2D eigenvalue weighted by Crippen LogP contribution is -2.30. The SMILES string of the molecule is C=C1/C=C\C=C/C/N=C(/c2ccccc2)N1c1ccc(-c2nc(-c3ccc(-n4c(-c5ccccc5)nc5ccccc54)cc3)c3cc(-c4ccccc4)cc(-c4ccccc4)c3n2)cc1. The van der Waals surface area contributed by atoms with Crippen LogP contribution in [0.2, 0.25) is 0 Å². The summed E-state index contributed by atoms with van der Waals surface area (Å²) in [4.78, 5) is 23.2. The minimum atomic E-state index is 0.550. The first-order valence-corrected chi connectivity index (χ1v) is 21.8. The fourth-order valence-electron chi connectivity index (χ4n) is 8.64. The van der Waals surface area contributed by atoms with Gasteiger partial charge in [-0.3, -0.25) is 14.5 Å². The number of hydrogen-bond donors (Lipinski definition) is 0. The maximum atomic E-state index is 5.47. The lowest BCUT2D eigenvalue weighted by Gasteiger charge is -2.27. The second-order valence-electron chi connectivity index (χ2n) is 15.9. The van der Waals surface area contributed by atoms with Gasteiger partial charge in [0, 0.05) is 50.3 Å². The van der Waals surface area contributed by atoms with Crippen LogP contribution in [-0.4, -0.2) is 31.9 Å². The second kappa shape index (κ2) is 17.2. The zero-order chi connectivity index (χ0) is 43.5. The van der Waals surface area contributed by atoms with E-state index in [-0.39, 0.29) is 0 Å². The number of rotatable bonds is 8. The van der Waals surface area contributed by atoms with Crippen molar-refractivity contribution >= 4 is 33.5 Å². The number of benzene rings is 8. The van der Waals surface area contributed by atoms with Crippen LogP contribution in [-0.2, 0) is 0 Å². The van der Waals surface area contributed by atoms with E-state index in [1.54, 1.807) is 0 Å². The van der Waals surface area contributed by atoms with Crippen molar-refractivity contribution in [1.82, 2.24) is 19.5 Å². The molecule has 6 heteroatoms. The molecular weight excluding hydrogens is 793 g/mol. The van der Waals surface area contributed by atoms with Crippen molar-refractivity contribution in [2.24, 2.45) is 4.99 Å². The van der Waals surface area contributed by atoms with E-state index in [0.717, 1.165) is 101 Å². The monoisotopic (exact) mass is 834 g/mol. The fourth-order valence-corrected chi connectivity index (χ4v) is 8.64. The zero-order valence-electron chi connectivity index (χ0n) is 35.5. The Morgan fingerprint density at radius 3 is 1.77 bits per heavy atom. The maximum Gasteiger partial charge on any atom is 0.160 e. The Bertz CT molecular complexity index is 3430. The molecule has 1 aliphatic heterocycles. The molecule has 3 heterocycles. The van der Waals surface area contributed by atoms with Crippen molar-refractivity contribution in [3.05, 3.63) is 248 Å². The zero-order valence-corrected chi connectivity index (χ0v) is 35.5. The van der Waals surface area contributed by atoms with Crippen LogP contribution in [0.25, 0.3) is 83.9 Å². The van der Waals surface area contributed by atoms with Crippen LogP contribution >= 0.6 is 0 Å². The number of nitrogens with zero attached hydrogens (tertiary/aromatic N) is 6. The van der Waals surface area contributed by atoms with Gasteiger partial charge in [0.2, 0.25) is 0 Å². The Hall–Kier alpha value is -8.74. The quantitative estimate of drug-likeness (QED) is 0.153. The molecule has 10 aromatic rings. The van der Waals surface area contributed by atoms with Crippen molar-refractivity contribution in [2.75, 3.05) is 11.4 Å². The van der Waals surface area contributed by atoms with E-state index in [9.17, 15) is 0 Å². The molecule has 308 valence electrons.